The van der Waals surface area contributed by atoms with Crippen LogP contribution in [0.4, 0.5) is 0 Å². The second kappa shape index (κ2) is 4.11. The largest absolute Gasteiger partial charge is 1.00 e. The Morgan fingerprint density at radius 2 is 1.64 bits per heavy atom. The molecule has 0 aromatic heterocycles. The van der Waals surface area contributed by atoms with E-state index in [0.29, 0.717) is 0 Å². The fourth-order valence-corrected chi connectivity index (χ4v) is 1.18. The average Bonchev–Trinajstić information content (AvgIpc) is 1.88. The summed E-state index contributed by atoms with van der Waals surface area (Å²) in [7, 11) is -4.02. The van der Waals surface area contributed by atoms with Gasteiger partial charge < -0.3 is 11.2 Å². The minimum Gasteiger partial charge on any atom is -1.00 e. The molecule has 0 radical (unpaired) electrons. The van der Waals surface area contributed by atoms with Gasteiger partial charge in [-0.05, 0) is 12.1 Å². The van der Waals surface area contributed by atoms with Crippen molar-refractivity contribution in [2.24, 2.45) is 0 Å². The third kappa shape index (κ3) is 3.24. The van der Waals surface area contributed by atoms with E-state index in [0.717, 1.165) is 0 Å². The quantitative estimate of drug-likeness (QED) is 0.361. The van der Waals surface area contributed by atoms with Gasteiger partial charge in [-0.3, -0.25) is 4.57 Å². The SMILES string of the molecule is O=P(O)(O)c1ccccc1.[H-].[Li+]. The molecule has 1 aromatic carbocycles. The molecular formula is C6H8LiO3P. The zero-order valence-electron chi connectivity index (χ0n) is 7.14. The minimum atomic E-state index is -4.02. The molecule has 0 heterocycles. The monoisotopic (exact) mass is 166 g/mol. The van der Waals surface area contributed by atoms with Crippen LogP contribution in [0.15, 0.2) is 30.3 Å². The molecule has 0 saturated carbocycles. The number of rotatable bonds is 1. The van der Waals surface area contributed by atoms with Crippen LogP contribution in [0.25, 0.3) is 0 Å². The first-order chi connectivity index (χ1) is 4.61. The molecule has 3 nitrogen and oxygen atoms in total. The summed E-state index contributed by atoms with van der Waals surface area (Å²) in [5, 5.41) is 0.0648. The summed E-state index contributed by atoms with van der Waals surface area (Å²) in [6.07, 6.45) is 0. The van der Waals surface area contributed by atoms with E-state index in [1.54, 1.807) is 18.2 Å². The van der Waals surface area contributed by atoms with Crippen molar-refractivity contribution in [2.45, 2.75) is 0 Å². The van der Waals surface area contributed by atoms with E-state index in [4.69, 9.17) is 9.79 Å². The summed E-state index contributed by atoms with van der Waals surface area (Å²) < 4.78 is 10.5. The number of benzene rings is 1. The molecular weight excluding hydrogens is 158 g/mol. The molecule has 1 rings (SSSR count). The molecule has 0 atom stereocenters. The Balaban J connectivity index is 0. The van der Waals surface area contributed by atoms with Crippen molar-refractivity contribution < 1.29 is 34.6 Å². The van der Waals surface area contributed by atoms with Gasteiger partial charge in [0.05, 0.1) is 5.30 Å². The van der Waals surface area contributed by atoms with E-state index in [9.17, 15) is 4.57 Å². The van der Waals surface area contributed by atoms with Crippen molar-refractivity contribution in [2.75, 3.05) is 0 Å². The van der Waals surface area contributed by atoms with Crippen LogP contribution in [0.5, 0.6) is 0 Å². The first kappa shape index (κ1) is 11.0. The Morgan fingerprint density at radius 3 is 1.91 bits per heavy atom. The van der Waals surface area contributed by atoms with Gasteiger partial charge >= 0.3 is 26.5 Å². The molecule has 0 amide bonds. The standard InChI is InChI=1S/C6H7O3P.Li.H/c7-10(8,9)6-4-2-1-3-5-6;;/h1-5H,(H2,7,8,9);;/q;+1;-1. The maximum absolute atomic E-state index is 10.5. The summed E-state index contributed by atoms with van der Waals surface area (Å²) in [4.78, 5) is 17.2. The number of hydrogen-bond acceptors (Lipinski definition) is 1. The molecule has 11 heavy (non-hydrogen) atoms. The average molecular weight is 166 g/mol. The van der Waals surface area contributed by atoms with Gasteiger partial charge in [-0.2, -0.15) is 0 Å². The molecule has 0 unspecified atom stereocenters. The van der Waals surface area contributed by atoms with E-state index >= 15 is 0 Å². The summed E-state index contributed by atoms with van der Waals surface area (Å²) in [6.45, 7) is 0. The third-order valence-electron chi connectivity index (χ3n) is 1.09. The molecule has 2 N–H and O–H groups in total. The number of hydrogen-bond donors (Lipinski definition) is 2. The van der Waals surface area contributed by atoms with Crippen molar-refractivity contribution in [3.05, 3.63) is 30.3 Å². The fourth-order valence-electron chi connectivity index (χ4n) is 0.622. The van der Waals surface area contributed by atoms with Crippen LogP contribution in [0, 0.1) is 0 Å². The molecule has 1 aromatic rings. The van der Waals surface area contributed by atoms with E-state index in [1.807, 2.05) is 0 Å². The van der Waals surface area contributed by atoms with Crippen LogP contribution in [0.2, 0.25) is 0 Å². The van der Waals surface area contributed by atoms with Crippen molar-refractivity contribution in [1.29, 1.82) is 0 Å². The van der Waals surface area contributed by atoms with Crippen LogP contribution in [0.3, 0.4) is 0 Å². The molecule has 0 fully saturated rings. The topological polar surface area (TPSA) is 57.5 Å². The van der Waals surface area contributed by atoms with Crippen molar-refractivity contribution >= 4 is 12.9 Å². The van der Waals surface area contributed by atoms with Gasteiger partial charge in [0, 0.05) is 0 Å². The van der Waals surface area contributed by atoms with E-state index < -0.39 is 7.60 Å². The molecule has 0 aliphatic rings. The predicted octanol–water partition coefficient (Wildman–Crippen LogP) is -2.39. The van der Waals surface area contributed by atoms with Gasteiger partial charge in [-0.25, -0.2) is 0 Å². The first-order valence-electron chi connectivity index (χ1n) is 2.72. The molecule has 0 aliphatic carbocycles. The second-order valence-corrected chi connectivity index (χ2v) is 3.48. The molecule has 0 aliphatic heterocycles. The van der Waals surface area contributed by atoms with E-state index in [1.165, 1.54) is 12.1 Å². The maximum Gasteiger partial charge on any atom is 1.00 e. The van der Waals surface area contributed by atoms with E-state index in [-0.39, 0.29) is 25.6 Å². The predicted molar refractivity (Wildman–Crippen MR) is 39.2 cm³/mol. The van der Waals surface area contributed by atoms with Crippen molar-refractivity contribution in [3.63, 3.8) is 0 Å². The van der Waals surface area contributed by atoms with Crippen molar-refractivity contribution in [1.82, 2.24) is 0 Å². The zero-order chi connectivity index (χ0) is 7.61. The molecule has 5 heteroatoms. The van der Waals surface area contributed by atoms with Gasteiger partial charge in [0.2, 0.25) is 0 Å². The maximum atomic E-state index is 10.5. The van der Waals surface area contributed by atoms with E-state index in [2.05, 4.69) is 0 Å². The van der Waals surface area contributed by atoms with Gasteiger partial charge in [-0.1, -0.05) is 18.2 Å². The Hall–Kier alpha value is -0.0326. The smallest absolute Gasteiger partial charge is 1.00 e. The Bertz CT molecular complexity index is 261. The minimum absolute atomic E-state index is 0. The van der Waals surface area contributed by atoms with Gasteiger partial charge in [0.1, 0.15) is 0 Å². The first-order valence-corrected chi connectivity index (χ1v) is 4.33. The van der Waals surface area contributed by atoms with Crippen LogP contribution >= 0.6 is 7.60 Å². The third-order valence-corrected chi connectivity index (χ3v) is 2.06. The Morgan fingerprint density at radius 1 is 1.18 bits per heavy atom. The molecule has 0 saturated heterocycles. The Kier molecular flexibility index (Phi) is 4.10. The normalized spacial score (nSPS) is 10.4. The van der Waals surface area contributed by atoms with Crippen LogP contribution < -0.4 is 24.2 Å². The van der Waals surface area contributed by atoms with Crippen LogP contribution in [-0.4, -0.2) is 9.79 Å². The van der Waals surface area contributed by atoms with Gasteiger partial charge in [-0.15, -0.1) is 0 Å². The summed E-state index contributed by atoms with van der Waals surface area (Å²) in [5.74, 6) is 0. The van der Waals surface area contributed by atoms with Crippen LogP contribution in [0.1, 0.15) is 1.43 Å². The summed E-state index contributed by atoms with van der Waals surface area (Å²) >= 11 is 0. The van der Waals surface area contributed by atoms with Gasteiger partial charge in [0.25, 0.3) is 0 Å². The fraction of sp³-hybridized carbons (Fsp3) is 0. The van der Waals surface area contributed by atoms with Crippen LogP contribution in [-0.2, 0) is 4.57 Å². The van der Waals surface area contributed by atoms with Crippen molar-refractivity contribution in [3.8, 4) is 0 Å². The zero-order valence-corrected chi connectivity index (χ0v) is 7.03. The summed E-state index contributed by atoms with van der Waals surface area (Å²) in [5.41, 5.74) is 0. The Labute approximate surface area is 78.3 Å². The van der Waals surface area contributed by atoms with Gasteiger partial charge in [0.15, 0.2) is 0 Å². The molecule has 56 valence electrons. The molecule has 0 bridgehead atoms. The second-order valence-electron chi connectivity index (χ2n) is 1.88. The molecule has 0 spiro atoms. The summed E-state index contributed by atoms with van der Waals surface area (Å²) in [6, 6.07) is 7.70.